The minimum Gasteiger partial charge on any atom is -0.358 e. The highest BCUT2D eigenvalue weighted by atomic mass is 15.2. The van der Waals surface area contributed by atoms with Crippen molar-refractivity contribution in [2.45, 2.75) is 39.8 Å². The Kier molecular flexibility index (Phi) is 4.53. The average molecular weight is 218 g/mol. The zero-order valence-electron chi connectivity index (χ0n) is 10.8. The fourth-order valence-corrected chi connectivity index (χ4v) is 1.56. The molecule has 0 spiro atoms. The predicted octanol–water partition coefficient (Wildman–Crippen LogP) is 3.34. The second-order valence-electron chi connectivity index (χ2n) is 4.90. The molecule has 2 heteroatoms. The van der Waals surface area contributed by atoms with Crippen molar-refractivity contribution in [3.63, 3.8) is 0 Å². The van der Waals surface area contributed by atoms with Gasteiger partial charge < -0.3 is 4.90 Å². The summed E-state index contributed by atoms with van der Waals surface area (Å²) in [6, 6.07) is 10.3. The van der Waals surface area contributed by atoms with Crippen LogP contribution in [0.5, 0.6) is 0 Å². The van der Waals surface area contributed by atoms with Gasteiger partial charge in [-0.25, -0.2) is 0 Å². The SMILES string of the molecule is CCN(/C=N\Cc1ccccc1)C(C)(C)C. The summed E-state index contributed by atoms with van der Waals surface area (Å²) < 4.78 is 0. The van der Waals surface area contributed by atoms with E-state index in [4.69, 9.17) is 0 Å². The van der Waals surface area contributed by atoms with Gasteiger partial charge in [0, 0.05) is 12.1 Å². The van der Waals surface area contributed by atoms with E-state index in [-0.39, 0.29) is 5.54 Å². The van der Waals surface area contributed by atoms with Gasteiger partial charge in [-0.05, 0) is 33.3 Å². The first-order chi connectivity index (χ1) is 7.54. The standard InChI is InChI=1S/C14H22N2/c1-5-16(14(2,3)4)12-15-11-13-9-7-6-8-10-13/h6-10,12H,5,11H2,1-4H3/b15-12-. The third-order valence-electron chi connectivity index (χ3n) is 2.54. The van der Waals surface area contributed by atoms with E-state index < -0.39 is 0 Å². The monoisotopic (exact) mass is 218 g/mol. The highest BCUT2D eigenvalue weighted by Gasteiger charge is 2.15. The van der Waals surface area contributed by atoms with Crippen molar-refractivity contribution in [2.75, 3.05) is 6.54 Å². The summed E-state index contributed by atoms with van der Waals surface area (Å²) in [4.78, 5) is 6.73. The zero-order chi connectivity index (χ0) is 12.0. The summed E-state index contributed by atoms with van der Waals surface area (Å²) in [7, 11) is 0. The molecule has 0 heterocycles. The number of rotatable bonds is 4. The molecule has 0 bridgehead atoms. The normalized spacial score (nSPS) is 12.0. The molecule has 0 N–H and O–H groups in total. The second-order valence-corrected chi connectivity index (χ2v) is 4.90. The lowest BCUT2D eigenvalue weighted by Gasteiger charge is -2.32. The summed E-state index contributed by atoms with van der Waals surface area (Å²) in [6.07, 6.45) is 1.97. The first-order valence-corrected chi connectivity index (χ1v) is 5.84. The topological polar surface area (TPSA) is 15.6 Å². The first-order valence-electron chi connectivity index (χ1n) is 5.84. The fraction of sp³-hybridized carbons (Fsp3) is 0.500. The third-order valence-corrected chi connectivity index (χ3v) is 2.54. The Balaban J connectivity index is 2.54. The smallest absolute Gasteiger partial charge is 0.0858 e. The number of hydrogen-bond donors (Lipinski definition) is 0. The van der Waals surface area contributed by atoms with Gasteiger partial charge in [0.1, 0.15) is 0 Å². The summed E-state index contributed by atoms with van der Waals surface area (Å²) in [5, 5.41) is 0. The van der Waals surface area contributed by atoms with Crippen molar-refractivity contribution < 1.29 is 0 Å². The van der Waals surface area contributed by atoms with Crippen LogP contribution in [-0.4, -0.2) is 23.3 Å². The van der Waals surface area contributed by atoms with Crippen molar-refractivity contribution in [2.24, 2.45) is 4.99 Å². The number of hydrogen-bond acceptors (Lipinski definition) is 1. The molecule has 0 saturated carbocycles. The summed E-state index contributed by atoms with van der Waals surface area (Å²) in [5.41, 5.74) is 1.40. The molecular weight excluding hydrogens is 196 g/mol. The molecule has 0 aliphatic rings. The van der Waals surface area contributed by atoms with Crippen LogP contribution in [0.25, 0.3) is 0 Å². The Hall–Kier alpha value is -1.31. The van der Waals surface area contributed by atoms with Gasteiger partial charge in [0.05, 0.1) is 12.9 Å². The minimum absolute atomic E-state index is 0.148. The van der Waals surface area contributed by atoms with E-state index >= 15 is 0 Å². The zero-order valence-corrected chi connectivity index (χ0v) is 10.8. The quantitative estimate of drug-likeness (QED) is 0.559. The molecule has 0 aliphatic carbocycles. The van der Waals surface area contributed by atoms with Gasteiger partial charge in [0.2, 0.25) is 0 Å². The van der Waals surface area contributed by atoms with Crippen molar-refractivity contribution in [3.05, 3.63) is 35.9 Å². The van der Waals surface area contributed by atoms with Crippen LogP contribution in [0, 0.1) is 0 Å². The van der Waals surface area contributed by atoms with Crippen LogP contribution in [0.1, 0.15) is 33.3 Å². The van der Waals surface area contributed by atoms with Crippen molar-refractivity contribution >= 4 is 6.34 Å². The minimum atomic E-state index is 0.148. The van der Waals surface area contributed by atoms with Gasteiger partial charge in [-0.3, -0.25) is 4.99 Å². The molecule has 0 atom stereocenters. The molecule has 0 radical (unpaired) electrons. The van der Waals surface area contributed by atoms with Crippen LogP contribution >= 0.6 is 0 Å². The van der Waals surface area contributed by atoms with Gasteiger partial charge in [0.25, 0.3) is 0 Å². The van der Waals surface area contributed by atoms with E-state index in [1.807, 2.05) is 24.5 Å². The number of benzene rings is 1. The van der Waals surface area contributed by atoms with E-state index in [0.29, 0.717) is 0 Å². The van der Waals surface area contributed by atoms with Gasteiger partial charge in [0.15, 0.2) is 0 Å². The Labute approximate surface area is 99.0 Å². The molecule has 16 heavy (non-hydrogen) atoms. The van der Waals surface area contributed by atoms with Gasteiger partial charge in [-0.1, -0.05) is 30.3 Å². The van der Waals surface area contributed by atoms with Crippen molar-refractivity contribution in [1.82, 2.24) is 4.90 Å². The molecular formula is C14H22N2. The number of nitrogens with zero attached hydrogens (tertiary/aromatic N) is 2. The van der Waals surface area contributed by atoms with E-state index in [1.54, 1.807) is 0 Å². The van der Waals surface area contributed by atoms with E-state index in [1.165, 1.54) is 5.56 Å². The molecule has 0 saturated heterocycles. The van der Waals surface area contributed by atoms with Gasteiger partial charge >= 0.3 is 0 Å². The second kappa shape index (κ2) is 5.69. The molecule has 1 aromatic carbocycles. The number of aliphatic imine (C=N–C) groups is 1. The molecule has 0 amide bonds. The van der Waals surface area contributed by atoms with Crippen molar-refractivity contribution in [3.8, 4) is 0 Å². The molecule has 0 aliphatic heterocycles. The summed E-state index contributed by atoms with van der Waals surface area (Å²) in [5.74, 6) is 0. The molecule has 0 aromatic heterocycles. The van der Waals surface area contributed by atoms with Gasteiger partial charge in [-0.15, -0.1) is 0 Å². The van der Waals surface area contributed by atoms with Crippen LogP contribution in [0.3, 0.4) is 0 Å². The van der Waals surface area contributed by atoms with E-state index in [0.717, 1.165) is 13.1 Å². The van der Waals surface area contributed by atoms with E-state index in [9.17, 15) is 0 Å². The average Bonchev–Trinajstić information content (AvgIpc) is 2.24. The maximum atomic E-state index is 4.48. The lowest BCUT2D eigenvalue weighted by atomic mass is 10.1. The first kappa shape index (κ1) is 12.8. The highest BCUT2D eigenvalue weighted by Crippen LogP contribution is 2.10. The largest absolute Gasteiger partial charge is 0.358 e. The molecule has 0 fully saturated rings. The van der Waals surface area contributed by atoms with Gasteiger partial charge in [-0.2, -0.15) is 0 Å². The van der Waals surface area contributed by atoms with E-state index in [2.05, 4.69) is 49.7 Å². The maximum absolute atomic E-state index is 4.48. The lowest BCUT2D eigenvalue weighted by Crippen LogP contribution is -2.40. The third kappa shape index (κ3) is 4.05. The maximum Gasteiger partial charge on any atom is 0.0858 e. The van der Waals surface area contributed by atoms with Crippen LogP contribution in [0.2, 0.25) is 0 Å². The fourth-order valence-electron chi connectivity index (χ4n) is 1.56. The van der Waals surface area contributed by atoms with Crippen LogP contribution in [0.15, 0.2) is 35.3 Å². The molecule has 2 nitrogen and oxygen atoms in total. The highest BCUT2D eigenvalue weighted by molar-refractivity contribution is 5.56. The lowest BCUT2D eigenvalue weighted by molar-refractivity contribution is 0.255. The Morgan fingerprint density at radius 2 is 1.81 bits per heavy atom. The Morgan fingerprint density at radius 3 is 2.31 bits per heavy atom. The molecule has 88 valence electrons. The summed E-state index contributed by atoms with van der Waals surface area (Å²) >= 11 is 0. The molecule has 0 unspecified atom stereocenters. The van der Waals surface area contributed by atoms with Crippen LogP contribution in [0.4, 0.5) is 0 Å². The van der Waals surface area contributed by atoms with Crippen LogP contribution < -0.4 is 0 Å². The molecule has 1 aromatic rings. The molecule has 1 rings (SSSR count). The Morgan fingerprint density at radius 1 is 1.19 bits per heavy atom. The summed E-state index contributed by atoms with van der Waals surface area (Å²) in [6.45, 7) is 10.5. The Bertz CT molecular complexity index is 322. The predicted molar refractivity (Wildman–Crippen MR) is 70.8 cm³/mol. The van der Waals surface area contributed by atoms with Crippen molar-refractivity contribution in [1.29, 1.82) is 0 Å². The van der Waals surface area contributed by atoms with Crippen LogP contribution in [-0.2, 0) is 6.54 Å².